The molecule has 2 aromatic carbocycles. The maximum atomic E-state index is 14.5. The number of hydrogen-bond acceptors (Lipinski definition) is 14. The van der Waals surface area contributed by atoms with Crippen molar-refractivity contribution in [1.29, 1.82) is 0 Å². The van der Waals surface area contributed by atoms with Crippen LogP contribution in [0.3, 0.4) is 0 Å². The quantitative estimate of drug-likeness (QED) is 0.181. The molecule has 2 heterocycles. The van der Waals surface area contributed by atoms with Crippen molar-refractivity contribution >= 4 is 35.0 Å². The maximum Gasteiger partial charge on any atom is 0.338 e. The molecule has 5 rings (SSSR count). The fourth-order valence-corrected chi connectivity index (χ4v) is 5.87. The molecule has 0 radical (unpaired) electrons. The summed E-state index contributed by atoms with van der Waals surface area (Å²) in [6, 6.07) is 2.16. The SMILES string of the molecule is COC(=O)c1cc(OC)c(O)c(O)c1C1=C2C[C@]3(COc4c(O)c(OC)cc(C(=O)OC)c4C3=O)C(=O)C(C(C)=O)=C2C=C(C)O1. The second kappa shape index (κ2) is 11.3. The van der Waals surface area contributed by atoms with Crippen LogP contribution in [0, 0.1) is 5.41 Å². The van der Waals surface area contributed by atoms with Gasteiger partial charge in [-0.3, -0.25) is 14.4 Å². The number of Topliss-reactive ketones (excluding diaryl/α,β-unsaturated/α-hetero) is 3. The van der Waals surface area contributed by atoms with Crippen LogP contribution in [0.2, 0.25) is 0 Å². The lowest BCUT2D eigenvalue weighted by Crippen LogP contribution is -2.51. The normalized spacial score (nSPS) is 18.6. The van der Waals surface area contributed by atoms with E-state index in [2.05, 4.69) is 0 Å². The van der Waals surface area contributed by atoms with Gasteiger partial charge in [-0.15, -0.1) is 0 Å². The van der Waals surface area contributed by atoms with Crippen LogP contribution in [-0.4, -0.2) is 79.7 Å². The number of ether oxygens (including phenoxy) is 6. The second-order valence-corrected chi connectivity index (χ2v) is 10.6. The molecule has 240 valence electrons. The van der Waals surface area contributed by atoms with Gasteiger partial charge in [-0.25, -0.2) is 9.59 Å². The number of phenols is 3. The summed E-state index contributed by atoms with van der Waals surface area (Å²) in [6.45, 7) is 1.90. The maximum absolute atomic E-state index is 14.5. The zero-order valence-corrected chi connectivity index (χ0v) is 25.5. The van der Waals surface area contributed by atoms with Gasteiger partial charge in [0.1, 0.15) is 23.5 Å². The minimum atomic E-state index is -2.21. The third kappa shape index (κ3) is 4.44. The lowest BCUT2D eigenvalue weighted by Gasteiger charge is -2.41. The van der Waals surface area contributed by atoms with Gasteiger partial charge in [-0.1, -0.05) is 0 Å². The van der Waals surface area contributed by atoms with Crippen molar-refractivity contribution in [3.8, 4) is 34.5 Å². The molecule has 1 atom stereocenters. The highest BCUT2D eigenvalue weighted by atomic mass is 16.5. The molecule has 1 aliphatic carbocycles. The van der Waals surface area contributed by atoms with Gasteiger partial charge in [-0.2, -0.15) is 0 Å². The molecule has 0 saturated carbocycles. The summed E-state index contributed by atoms with van der Waals surface area (Å²) in [7, 11) is 4.55. The monoisotopic (exact) mass is 636 g/mol. The van der Waals surface area contributed by atoms with E-state index in [0.717, 1.165) is 33.3 Å². The first-order valence-electron chi connectivity index (χ1n) is 13.6. The summed E-state index contributed by atoms with van der Waals surface area (Å²) in [4.78, 5) is 67.7. The molecule has 14 heteroatoms. The van der Waals surface area contributed by atoms with E-state index < -0.39 is 81.9 Å². The van der Waals surface area contributed by atoms with Gasteiger partial charge in [-0.05, 0) is 37.6 Å². The first-order chi connectivity index (χ1) is 21.8. The summed E-state index contributed by atoms with van der Waals surface area (Å²) in [5.74, 6) is -7.91. The second-order valence-electron chi connectivity index (χ2n) is 10.6. The molecule has 3 N–H and O–H groups in total. The van der Waals surface area contributed by atoms with Crippen LogP contribution in [0.4, 0.5) is 0 Å². The lowest BCUT2D eigenvalue weighted by atomic mass is 9.62. The summed E-state index contributed by atoms with van der Waals surface area (Å²) >= 11 is 0. The van der Waals surface area contributed by atoms with E-state index in [1.165, 1.54) is 27.2 Å². The predicted molar refractivity (Wildman–Crippen MR) is 155 cm³/mol. The van der Waals surface area contributed by atoms with E-state index in [1.54, 1.807) is 0 Å². The van der Waals surface area contributed by atoms with Gasteiger partial charge in [0.15, 0.2) is 40.3 Å². The van der Waals surface area contributed by atoms with Gasteiger partial charge in [0.2, 0.25) is 11.5 Å². The van der Waals surface area contributed by atoms with Crippen molar-refractivity contribution < 1.29 is 67.7 Å². The number of allylic oxidation sites excluding steroid dienone is 5. The summed E-state index contributed by atoms with van der Waals surface area (Å²) in [5.41, 5.74) is -4.13. The molecule has 0 fully saturated rings. The minimum Gasteiger partial charge on any atom is -0.504 e. The van der Waals surface area contributed by atoms with Crippen LogP contribution in [0.5, 0.6) is 34.5 Å². The number of ketones is 3. The third-order valence-electron chi connectivity index (χ3n) is 8.03. The Morgan fingerprint density at radius 2 is 1.39 bits per heavy atom. The molecule has 14 nitrogen and oxygen atoms in total. The van der Waals surface area contributed by atoms with Gasteiger partial charge in [0.05, 0.1) is 56.3 Å². The molecular weight excluding hydrogens is 608 g/mol. The number of rotatable bonds is 6. The highest BCUT2D eigenvalue weighted by molar-refractivity contribution is 6.33. The first-order valence-corrected chi connectivity index (χ1v) is 13.6. The standard InChI is InChI=1S/C32H28O14/c1-12-7-14-17(26(46-12)21-15(30(39)43-5)8-18(41-3)23(34)25(21)36)10-32(28(37)20(14)13(2)33)11-45-27-22(29(32)38)16(31(40)44-6)9-19(42-4)24(27)35/h7-9,34-36H,10-11H2,1-6H3/t32-/m0/s1. The van der Waals surface area contributed by atoms with Crippen molar-refractivity contribution in [3.05, 3.63) is 62.9 Å². The van der Waals surface area contributed by atoms with E-state index >= 15 is 0 Å². The summed E-state index contributed by atoms with van der Waals surface area (Å²) < 4.78 is 31.7. The topological polar surface area (TPSA) is 201 Å². The third-order valence-corrected chi connectivity index (χ3v) is 8.03. The molecule has 46 heavy (non-hydrogen) atoms. The molecular formula is C32H28O14. The van der Waals surface area contributed by atoms with E-state index in [-0.39, 0.29) is 50.9 Å². The number of methoxy groups -OCH3 is 4. The minimum absolute atomic E-state index is 0.0122. The largest absolute Gasteiger partial charge is 0.504 e. The van der Waals surface area contributed by atoms with Crippen LogP contribution in [0.25, 0.3) is 5.76 Å². The van der Waals surface area contributed by atoms with Crippen LogP contribution in [-0.2, 0) is 23.8 Å². The summed E-state index contributed by atoms with van der Waals surface area (Å²) in [5, 5.41) is 32.7. The van der Waals surface area contributed by atoms with Crippen molar-refractivity contribution in [2.45, 2.75) is 20.3 Å². The Balaban J connectivity index is 1.86. The molecule has 0 unspecified atom stereocenters. The van der Waals surface area contributed by atoms with Crippen LogP contribution < -0.4 is 14.2 Å². The van der Waals surface area contributed by atoms with E-state index in [9.17, 15) is 39.3 Å². The fraction of sp³-hybridized carbons (Fsp3) is 0.281. The fourth-order valence-electron chi connectivity index (χ4n) is 5.87. The Kier molecular flexibility index (Phi) is 7.76. The highest BCUT2D eigenvalue weighted by Crippen LogP contribution is 2.55. The first kappa shape index (κ1) is 31.6. The van der Waals surface area contributed by atoms with E-state index in [4.69, 9.17) is 28.4 Å². The number of carbonyl (C=O) groups excluding carboxylic acids is 5. The smallest absolute Gasteiger partial charge is 0.338 e. The number of hydrogen-bond donors (Lipinski definition) is 3. The molecule has 0 saturated heterocycles. The van der Waals surface area contributed by atoms with E-state index in [1.807, 2.05) is 0 Å². The molecule has 2 aliphatic heterocycles. The van der Waals surface area contributed by atoms with Crippen LogP contribution in [0.15, 0.2) is 40.7 Å². The van der Waals surface area contributed by atoms with E-state index in [0.29, 0.717) is 0 Å². The van der Waals surface area contributed by atoms with Crippen LogP contribution in [0.1, 0.15) is 56.9 Å². The van der Waals surface area contributed by atoms with Gasteiger partial charge in [0.25, 0.3) is 0 Å². The Bertz CT molecular complexity index is 1880. The van der Waals surface area contributed by atoms with Crippen molar-refractivity contribution in [3.63, 3.8) is 0 Å². The zero-order valence-electron chi connectivity index (χ0n) is 25.5. The molecule has 3 aliphatic rings. The number of esters is 2. The lowest BCUT2D eigenvalue weighted by molar-refractivity contribution is -0.127. The molecule has 0 bridgehead atoms. The van der Waals surface area contributed by atoms with Crippen molar-refractivity contribution in [2.24, 2.45) is 5.41 Å². The molecule has 0 aromatic heterocycles. The Labute approximate surface area is 261 Å². The average molecular weight is 637 g/mol. The number of phenolic OH excluding ortho intramolecular Hbond substituents is 3. The number of carbonyl (C=O) groups is 5. The van der Waals surface area contributed by atoms with Gasteiger partial charge in [0, 0.05) is 12.0 Å². The van der Waals surface area contributed by atoms with Crippen molar-refractivity contribution in [1.82, 2.24) is 0 Å². The Morgan fingerprint density at radius 3 is 1.93 bits per heavy atom. The molecule has 2 aromatic rings. The number of fused-ring (bicyclic) bond motifs is 2. The van der Waals surface area contributed by atoms with Gasteiger partial charge >= 0.3 is 11.9 Å². The number of benzene rings is 2. The van der Waals surface area contributed by atoms with Crippen LogP contribution >= 0.6 is 0 Å². The number of aromatic hydroxyl groups is 3. The van der Waals surface area contributed by atoms with Crippen molar-refractivity contribution in [2.75, 3.05) is 35.0 Å². The summed E-state index contributed by atoms with van der Waals surface area (Å²) in [6.07, 6.45) is 0.854. The zero-order chi connectivity index (χ0) is 33.8. The molecule has 1 spiro atoms. The average Bonchev–Trinajstić information content (AvgIpc) is 3.03. The molecule has 0 amide bonds. The predicted octanol–water partition coefficient (Wildman–Crippen LogP) is 3.16. The Morgan fingerprint density at radius 1 is 0.826 bits per heavy atom. The highest BCUT2D eigenvalue weighted by Gasteiger charge is 2.58. The Hall–Kier alpha value is -5.79. The van der Waals surface area contributed by atoms with Gasteiger partial charge < -0.3 is 43.7 Å².